The van der Waals surface area contributed by atoms with Crippen LogP contribution < -0.4 is 9.47 Å². The van der Waals surface area contributed by atoms with E-state index in [0.717, 1.165) is 32.5 Å². The maximum absolute atomic E-state index is 5.92. The molecule has 0 saturated carbocycles. The van der Waals surface area contributed by atoms with Crippen LogP contribution in [0.4, 0.5) is 0 Å². The molecule has 3 heterocycles. The molecule has 2 aromatic carbocycles. The van der Waals surface area contributed by atoms with Gasteiger partial charge in [-0.1, -0.05) is 15.9 Å². The third kappa shape index (κ3) is 3.29. The van der Waals surface area contributed by atoms with Crippen molar-refractivity contribution < 1.29 is 9.47 Å². The van der Waals surface area contributed by atoms with Crippen LogP contribution in [0.1, 0.15) is 5.56 Å². The molecule has 1 N–H and O–H groups in total. The molecule has 0 fully saturated rings. The van der Waals surface area contributed by atoms with Gasteiger partial charge in [-0.25, -0.2) is 14.5 Å². The minimum atomic E-state index is 0.361. The first kappa shape index (κ1) is 17.6. The summed E-state index contributed by atoms with van der Waals surface area (Å²) in [6, 6.07) is 13.5. The van der Waals surface area contributed by atoms with Gasteiger partial charge in [-0.3, -0.25) is 5.10 Å². The topological polar surface area (TPSA) is 90.2 Å². The zero-order valence-electron chi connectivity index (χ0n) is 15.3. The molecule has 0 amide bonds. The van der Waals surface area contributed by atoms with E-state index in [9.17, 15) is 0 Å². The number of nitrogens with one attached hydrogen (secondary N) is 1. The van der Waals surface area contributed by atoms with Crippen LogP contribution in [0, 0.1) is 0 Å². The molecule has 0 aliphatic carbocycles. The maximum atomic E-state index is 5.92. The normalized spacial score (nSPS) is 11.2. The van der Waals surface area contributed by atoms with Crippen LogP contribution >= 0.6 is 15.9 Å². The molecule has 0 aliphatic rings. The Balaban J connectivity index is 1.49. The van der Waals surface area contributed by atoms with Crippen LogP contribution in [0.3, 0.4) is 0 Å². The highest BCUT2D eigenvalue weighted by atomic mass is 79.9. The number of aromatic amines is 1. The summed E-state index contributed by atoms with van der Waals surface area (Å²) in [5.74, 6) is 2.11. The summed E-state index contributed by atoms with van der Waals surface area (Å²) in [4.78, 5) is 8.96. The molecule has 0 saturated heterocycles. The molecule has 0 spiro atoms. The van der Waals surface area contributed by atoms with Gasteiger partial charge in [0.25, 0.3) is 0 Å². The first-order valence-electron chi connectivity index (χ1n) is 8.81. The van der Waals surface area contributed by atoms with Crippen LogP contribution in [0.15, 0.2) is 59.5 Å². The molecule has 9 heteroatoms. The van der Waals surface area contributed by atoms with E-state index in [-0.39, 0.29) is 0 Å². The number of rotatable bonds is 5. The summed E-state index contributed by atoms with van der Waals surface area (Å²) in [5, 5.41) is 12.2. The van der Waals surface area contributed by atoms with Gasteiger partial charge in [0.1, 0.15) is 24.4 Å². The minimum absolute atomic E-state index is 0.361. The predicted octanol–water partition coefficient (Wildman–Crippen LogP) is 4.02. The zero-order chi connectivity index (χ0) is 19.8. The second kappa shape index (κ2) is 7.17. The molecule has 0 aliphatic heterocycles. The summed E-state index contributed by atoms with van der Waals surface area (Å²) in [7, 11) is 1.64. The predicted molar refractivity (Wildman–Crippen MR) is 111 cm³/mol. The molecule has 144 valence electrons. The number of H-pyrrole nitrogens is 1. The lowest BCUT2D eigenvalue weighted by Crippen LogP contribution is -1.99. The standard InChI is InChI=1S/C20H15BrN6O2/c1-28-17-7-2-12(8-13(17)10-29-15-5-3-14(21)4-6-15)18-24-20-16-9-23-25-19(16)22-11-27(20)26-18/h2-9,11H,10H2,1H3,(H,23,25). The fraction of sp³-hybridized carbons (Fsp3) is 0.100. The molecule has 0 unspecified atom stereocenters. The number of aromatic nitrogens is 6. The quantitative estimate of drug-likeness (QED) is 0.434. The van der Waals surface area contributed by atoms with Crippen LogP contribution in [-0.2, 0) is 6.61 Å². The largest absolute Gasteiger partial charge is 0.496 e. The van der Waals surface area contributed by atoms with E-state index in [1.807, 2.05) is 42.5 Å². The van der Waals surface area contributed by atoms with E-state index in [2.05, 4.69) is 41.2 Å². The van der Waals surface area contributed by atoms with Gasteiger partial charge in [0.05, 0.1) is 18.7 Å². The number of ether oxygens (including phenoxy) is 2. The summed E-state index contributed by atoms with van der Waals surface area (Å²) in [6.45, 7) is 0.361. The lowest BCUT2D eigenvalue weighted by atomic mass is 10.1. The number of methoxy groups -OCH3 is 1. The van der Waals surface area contributed by atoms with Crippen LogP contribution in [0.5, 0.6) is 11.5 Å². The number of hydrogen-bond donors (Lipinski definition) is 1. The van der Waals surface area contributed by atoms with E-state index in [1.165, 1.54) is 0 Å². The van der Waals surface area contributed by atoms with Crippen molar-refractivity contribution in [1.29, 1.82) is 0 Å². The number of halogens is 1. The van der Waals surface area contributed by atoms with Crippen molar-refractivity contribution in [2.75, 3.05) is 7.11 Å². The lowest BCUT2D eigenvalue weighted by Gasteiger charge is -2.11. The molecule has 0 atom stereocenters. The molecule has 29 heavy (non-hydrogen) atoms. The Bertz CT molecular complexity index is 1310. The Labute approximate surface area is 173 Å². The fourth-order valence-corrected chi connectivity index (χ4v) is 3.35. The summed E-state index contributed by atoms with van der Waals surface area (Å²) in [5.41, 5.74) is 3.14. The van der Waals surface area contributed by atoms with Crippen LogP contribution in [0.2, 0.25) is 0 Å². The van der Waals surface area contributed by atoms with Crippen LogP contribution in [0.25, 0.3) is 28.1 Å². The Hall–Kier alpha value is -3.46. The van der Waals surface area contributed by atoms with Crippen molar-refractivity contribution in [3.05, 3.63) is 65.0 Å². The summed E-state index contributed by atoms with van der Waals surface area (Å²) < 4.78 is 14.1. The molecule has 5 rings (SSSR count). The Morgan fingerprint density at radius 3 is 2.83 bits per heavy atom. The molecule has 5 aromatic rings. The molecule has 0 bridgehead atoms. The number of hydrogen-bond acceptors (Lipinski definition) is 6. The first-order valence-corrected chi connectivity index (χ1v) is 9.61. The number of nitrogens with zero attached hydrogens (tertiary/aromatic N) is 5. The zero-order valence-corrected chi connectivity index (χ0v) is 16.9. The lowest BCUT2D eigenvalue weighted by molar-refractivity contribution is 0.296. The van der Waals surface area contributed by atoms with Crippen molar-refractivity contribution >= 4 is 32.6 Å². The van der Waals surface area contributed by atoms with Gasteiger partial charge in [-0.05, 0) is 42.5 Å². The average Bonchev–Trinajstić information content (AvgIpc) is 3.39. The highest BCUT2D eigenvalue weighted by Crippen LogP contribution is 2.27. The van der Waals surface area contributed by atoms with Gasteiger partial charge in [0.2, 0.25) is 0 Å². The van der Waals surface area contributed by atoms with Crippen molar-refractivity contribution in [3.8, 4) is 22.9 Å². The molecule has 3 aromatic heterocycles. The van der Waals surface area contributed by atoms with Gasteiger partial charge in [-0.2, -0.15) is 5.10 Å². The van der Waals surface area contributed by atoms with Gasteiger partial charge < -0.3 is 9.47 Å². The Morgan fingerprint density at radius 1 is 1.14 bits per heavy atom. The van der Waals surface area contributed by atoms with Crippen molar-refractivity contribution in [2.24, 2.45) is 0 Å². The van der Waals surface area contributed by atoms with E-state index >= 15 is 0 Å². The SMILES string of the molecule is COc1ccc(-c2nc3c4cn[nH]c4ncn3n2)cc1COc1ccc(Br)cc1. The van der Waals surface area contributed by atoms with Gasteiger partial charge >= 0.3 is 0 Å². The summed E-state index contributed by atoms with van der Waals surface area (Å²) >= 11 is 3.42. The van der Waals surface area contributed by atoms with E-state index in [4.69, 9.17) is 9.47 Å². The van der Waals surface area contributed by atoms with Gasteiger partial charge in [0.15, 0.2) is 17.1 Å². The van der Waals surface area contributed by atoms with E-state index in [0.29, 0.717) is 23.7 Å². The molecule has 8 nitrogen and oxygen atoms in total. The maximum Gasteiger partial charge on any atom is 0.182 e. The summed E-state index contributed by atoms with van der Waals surface area (Å²) in [6.07, 6.45) is 3.31. The van der Waals surface area contributed by atoms with Gasteiger partial charge in [0, 0.05) is 15.6 Å². The minimum Gasteiger partial charge on any atom is -0.496 e. The monoisotopic (exact) mass is 450 g/mol. The Morgan fingerprint density at radius 2 is 2.00 bits per heavy atom. The molecular weight excluding hydrogens is 436 g/mol. The fourth-order valence-electron chi connectivity index (χ4n) is 3.09. The average molecular weight is 451 g/mol. The number of benzene rings is 2. The highest BCUT2D eigenvalue weighted by Gasteiger charge is 2.13. The van der Waals surface area contributed by atoms with Gasteiger partial charge in [-0.15, -0.1) is 5.10 Å². The van der Waals surface area contributed by atoms with Crippen molar-refractivity contribution in [2.45, 2.75) is 6.61 Å². The Kier molecular flexibility index (Phi) is 4.36. The highest BCUT2D eigenvalue weighted by molar-refractivity contribution is 9.10. The van der Waals surface area contributed by atoms with E-state index < -0.39 is 0 Å². The molecule has 0 radical (unpaired) electrons. The second-order valence-electron chi connectivity index (χ2n) is 6.35. The third-order valence-corrected chi connectivity index (χ3v) is 5.06. The van der Waals surface area contributed by atoms with Crippen molar-refractivity contribution in [3.63, 3.8) is 0 Å². The molecular formula is C20H15BrN6O2. The third-order valence-electron chi connectivity index (χ3n) is 4.53. The van der Waals surface area contributed by atoms with E-state index in [1.54, 1.807) is 24.1 Å². The smallest absolute Gasteiger partial charge is 0.182 e. The first-order chi connectivity index (χ1) is 14.2. The number of fused-ring (bicyclic) bond motifs is 3. The van der Waals surface area contributed by atoms with Crippen molar-refractivity contribution in [1.82, 2.24) is 29.8 Å². The van der Waals surface area contributed by atoms with Crippen LogP contribution in [-0.4, -0.2) is 36.9 Å². The second-order valence-corrected chi connectivity index (χ2v) is 7.27.